The largest absolute Gasteiger partial charge is 0.0625 e. The maximum atomic E-state index is 2.58. The van der Waals surface area contributed by atoms with Gasteiger partial charge in [0, 0.05) is 0 Å². The van der Waals surface area contributed by atoms with E-state index in [-0.39, 0.29) is 0 Å². The van der Waals surface area contributed by atoms with Crippen molar-refractivity contribution >= 4 is 0 Å². The first-order valence-electron chi connectivity index (χ1n) is 11.6. The third kappa shape index (κ3) is 4.30. The highest BCUT2D eigenvalue weighted by molar-refractivity contribution is 5.02. The van der Waals surface area contributed by atoms with Gasteiger partial charge in [-0.15, -0.1) is 0 Å². The van der Waals surface area contributed by atoms with Crippen molar-refractivity contribution in [3.8, 4) is 0 Å². The smallest absolute Gasteiger partial charge is 0.0321 e. The Morgan fingerprint density at radius 1 is 0.720 bits per heavy atom. The fourth-order valence-corrected chi connectivity index (χ4v) is 6.77. The van der Waals surface area contributed by atoms with Crippen molar-refractivity contribution in [2.24, 2.45) is 71.0 Å². The van der Waals surface area contributed by atoms with Gasteiger partial charge < -0.3 is 0 Å². The second-order valence-corrected chi connectivity index (χ2v) is 11.4. The molecule has 2 aliphatic rings. The quantitative estimate of drug-likeness (QED) is 0.440. The standard InChI is InChI=1S/C25H48/c1-14(2)18(9)11-22-19(10)12-23(24(22)17(7)8)25-20(15(3)4)13-21(25)16(5)6/h14-25H,11-13H2,1-10H3. The molecule has 0 amide bonds. The molecular weight excluding hydrogens is 300 g/mol. The molecule has 2 rings (SSSR count). The molecule has 0 heterocycles. The van der Waals surface area contributed by atoms with Crippen molar-refractivity contribution in [2.45, 2.75) is 88.5 Å². The van der Waals surface area contributed by atoms with Crippen molar-refractivity contribution in [1.29, 1.82) is 0 Å². The van der Waals surface area contributed by atoms with Crippen LogP contribution in [-0.2, 0) is 0 Å². The summed E-state index contributed by atoms with van der Waals surface area (Å²) in [7, 11) is 0. The van der Waals surface area contributed by atoms with Crippen LogP contribution in [0.25, 0.3) is 0 Å². The lowest BCUT2D eigenvalue weighted by Gasteiger charge is -2.54. The van der Waals surface area contributed by atoms with Crippen molar-refractivity contribution in [2.75, 3.05) is 0 Å². The minimum Gasteiger partial charge on any atom is -0.0625 e. The topological polar surface area (TPSA) is 0 Å². The highest BCUT2D eigenvalue weighted by atomic mass is 14.6. The molecule has 0 N–H and O–H groups in total. The molecule has 0 aromatic heterocycles. The molecule has 25 heavy (non-hydrogen) atoms. The van der Waals surface area contributed by atoms with Crippen LogP contribution in [0, 0.1) is 71.0 Å². The minimum atomic E-state index is 0.828. The zero-order valence-electron chi connectivity index (χ0n) is 19.0. The van der Waals surface area contributed by atoms with E-state index in [0.29, 0.717) is 0 Å². The Kier molecular flexibility index (Phi) is 7.11. The molecular formula is C25H48. The molecule has 0 aromatic rings. The van der Waals surface area contributed by atoms with Crippen LogP contribution in [0.1, 0.15) is 88.5 Å². The average molecular weight is 349 g/mol. The Morgan fingerprint density at radius 2 is 1.24 bits per heavy atom. The van der Waals surface area contributed by atoms with Crippen molar-refractivity contribution in [3.63, 3.8) is 0 Å². The van der Waals surface area contributed by atoms with E-state index < -0.39 is 0 Å². The van der Waals surface area contributed by atoms with Crippen molar-refractivity contribution in [1.82, 2.24) is 0 Å². The summed E-state index contributed by atoms with van der Waals surface area (Å²) in [5.74, 6) is 11.1. The molecule has 0 radical (unpaired) electrons. The van der Waals surface area contributed by atoms with Gasteiger partial charge in [-0.1, -0.05) is 69.2 Å². The lowest BCUT2D eigenvalue weighted by molar-refractivity contribution is -0.0583. The van der Waals surface area contributed by atoms with Gasteiger partial charge in [0.05, 0.1) is 0 Å². The molecule has 7 unspecified atom stereocenters. The fourth-order valence-electron chi connectivity index (χ4n) is 6.77. The summed E-state index contributed by atoms with van der Waals surface area (Å²) >= 11 is 0. The molecule has 0 aromatic carbocycles. The zero-order chi connectivity index (χ0) is 19.0. The average Bonchev–Trinajstić information content (AvgIpc) is 2.73. The molecule has 0 bridgehead atoms. The van der Waals surface area contributed by atoms with Crippen LogP contribution in [0.15, 0.2) is 0 Å². The molecule has 2 fully saturated rings. The van der Waals surface area contributed by atoms with Gasteiger partial charge in [-0.3, -0.25) is 0 Å². The van der Waals surface area contributed by atoms with Gasteiger partial charge in [0.15, 0.2) is 0 Å². The lowest BCUT2D eigenvalue weighted by Crippen LogP contribution is -2.48. The van der Waals surface area contributed by atoms with Crippen LogP contribution >= 0.6 is 0 Å². The fraction of sp³-hybridized carbons (Fsp3) is 1.00. The summed E-state index contributed by atoms with van der Waals surface area (Å²) in [4.78, 5) is 0. The minimum absolute atomic E-state index is 0.828. The molecule has 0 aliphatic heterocycles. The summed E-state index contributed by atoms with van der Waals surface area (Å²) in [6.07, 6.45) is 4.47. The van der Waals surface area contributed by atoms with Gasteiger partial charge in [-0.05, 0) is 90.3 Å². The van der Waals surface area contributed by atoms with E-state index in [9.17, 15) is 0 Å². The molecule has 148 valence electrons. The molecule has 0 spiro atoms. The van der Waals surface area contributed by atoms with E-state index >= 15 is 0 Å². The lowest BCUT2D eigenvalue weighted by atomic mass is 9.51. The zero-order valence-corrected chi connectivity index (χ0v) is 19.0. The molecule has 2 aliphatic carbocycles. The Labute approximate surface area is 159 Å². The molecule has 2 saturated carbocycles. The number of hydrogen-bond donors (Lipinski definition) is 0. The Balaban J connectivity index is 2.23. The van der Waals surface area contributed by atoms with Gasteiger partial charge in [-0.2, -0.15) is 0 Å². The van der Waals surface area contributed by atoms with E-state index in [1.807, 2.05) is 0 Å². The van der Waals surface area contributed by atoms with Gasteiger partial charge >= 0.3 is 0 Å². The third-order valence-corrected chi connectivity index (χ3v) is 8.66. The summed E-state index contributed by atoms with van der Waals surface area (Å²) in [5, 5.41) is 0. The summed E-state index contributed by atoms with van der Waals surface area (Å²) in [6, 6.07) is 0. The van der Waals surface area contributed by atoms with Crippen LogP contribution in [0.4, 0.5) is 0 Å². The van der Waals surface area contributed by atoms with E-state index in [0.717, 1.165) is 71.0 Å². The monoisotopic (exact) mass is 348 g/mol. The summed E-state index contributed by atoms with van der Waals surface area (Å²) in [5.41, 5.74) is 0. The molecule has 0 heteroatoms. The van der Waals surface area contributed by atoms with Crippen molar-refractivity contribution in [3.05, 3.63) is 0 Å². The molecule has 7 atom stereocenters. The second-order valence-electron chi connectivity index (χ2n) is 11.4. The first-order valence-corrected chi connectivity index (χ1v) is 11.6. The second kappa shape index (κ2) is 8.35. The van der Waals surface area contributed by atoms with Crippen LogP contribution < -0.4 is 0 Å². The third-order valence-electron chi connectivity index (χ3n) is 8.66. The van der Waals surface area contributed by atoms with E-state index in [1.54, 1.807) is 0 Å². The predicted octanol–water partition coefficient (Wildman–Crippen LogP) is 7.78. The first-order chi connectivity index (χ1) is 11.6. The van der Waals surface area contributed by atoms with Gasteiger partial charge in [0.1, 0.15) is 0 Å². The van der Waals surface area contributed by atoms with Gasteiger partial charge in [0.25, 0.3) is 0 Å². The highest BCUT2D eigenvalue weighted by Crippen LogP contribution is 2.60. The number of rotatable bonds is 7. The molecule has 0 saturated heterocycles. The molecule has 0 nitrogen and oxygen atoms in total. The Hall–Kier alpha value is 0. The van der Waals surface area contributed by atoms with Crippen LogP contribution in [-0.4, -0.2) is 0 Å². The van der Waals surface area contributed by atoms with E-state index in [1.165, 1.54) is 19.3 Å². The number of hydrogen-bond acceptors (Lipinski definition) is 0. The van der Waals surface area contributed by atoms with E-state index in [4.69, 9.17) is 0 Å². The Bertz CT molecular complexity index is 390. The maximum absolute atomic E-state index is 2.58. The van der Waals surface area contributed by atoms with E-state index in [2.05, 4.69) is 69.2 Å². The Morgan fingerprint density at radius 3 is 1.64 bits per heavy atom. The first kappa shape index (κ1) is 21.3. The summed E-state index contributed by atoms with van der Waals surface area (Å²) < 4.78 is 0. The SMILES string of the molecule is CC(C)C(C)CC1C(C)CC(C2C(C(C)C)CC2C(C)C)C1C(C)C. The highest BCUT2D eigenvalue weighted by Gasteiger charge is 2.54. The van der Waals surface area contributed by atoms with Gasteiger partial charge in [-0.25, -0.2) is 0 Å². The normalized spacial score (nSPS) is 40.3. The summed E-state index contributed by atoms with van der Waals surface area (Å²) in [6.45, 7) is 24.9. The van der Waals surface area contributed by atoms with Crippen LogP contribution in [0.2, 0.25) is 0 Å². The van der Waals surface area contributed by atoms with Crippen LogP contribution in [0.3, 0.4) is 0 Å². The van der Waals surface area contributed by atoms with Gasteiger partial charge in [0.2, 0.25) is 0 Å². The van der Waals surface area contributed by atoms with Crippen LogP contribution in [0.5, 0.6) is 0 Å². The van der Waals surface area contributed by atoms with Crippen molar-refractivity contribution < 1.29 is 0 Å². The predicted molar refractivity (Wildman–Crippen MR) is 112 cm³/mol. The maximum Gasteiger partial charge on any atom is -0.0321 e.